The first-order valence-corrected chi connectivity index (χ1v) is 6.01. The zero-order chi connectivity index (χ0) is 13.5. The quantitative estimate of drug-likeness (QED) is 0.476. The van der Waals surface area contributed by atoms with E-state index in [9.17, 15) is 14.4 Å². The summed E-state index contributed by atoms with van der Waals surface area (Å²) >= 11 is 0. The Kier molecular flexibility index (Phi) is 3.04. The van der Waals surface area contributed by atoms with Gasteiger partial charge in [-0.05, 0) is 27.2 Å². The van der Waals surface area contributed by atoms with Gasteiger partial charge in [-0.3, -0.25) is 9.59 Å². The second kappa shape index (κ2) is 4.26. The molecule has 6 nitrogen and oxygen atoms in total. The average molecular weight is 255 g/mol. The molecule has 0 spiro atoms. The van der Waals surface area contributed by atoms with E-state index in [1.54, 1.807) is 20.8 Å². The molecule has 0 unspecified atom stereocenters. The van der Waals surface area contributed by atoms with Gasteiger partial charge in [0.15, 0.2) is 0 Å². The smallest absolute Gasteiger partial charge is 0.410 e. The van der Waals surface area contributed by atoms with Crippen LogP contribution in [0.1, 0.15) is 27.2 Å². The molecule has 0 aromatic carbocycles. The van der Waals surface area contributed by atoms with E-state index in [0.29, 0.717) is 13.0 Å². The minimum absolute atomic E-state index is 0.199. The monoisotopic (exact) mass is 255 g/mol. The van der Waals surface area contributed by atoms with Crippen molar-refractivity contribution in [1.82, 2.24) is 4.90 Å². The Labute approximate surface area is 105 Å². The number of piperidine rings is 1. The van der Waals surface area contributed by atoms with E-state index < -0.39 is 35.5 Å². The number of esters is 2. The van der Waals surface area contributed by atoms with Crippen molar-refractivity contribution in [2.45, 2.75) is 32.8 Å². The van der Waals surface area contributed by atoms with Crippen LogP contribution in [0.3, 0.4) is 0 Å². The Morgan fingerprint density at radius 2 is 1.89 bits per heavy atom. The third-order valence-electron chi connectivity index (χ3n) is 3.07. The molecule has 100 valence electrons. The van der Waals surface area contributed by atoms with Gasteiger partial charge in [0.1, 0.15) is 5.60 Å². The first-order chi connectivity index (χ1) is 8.28. The van der Waals surface area contributed by atoms with Crippen LogP contribution < -0.4 is 0 Å². The summed E-state index contributed by atoms with van der Waals surface area (Å²) in [6.45, 7) is 5.96. The van der Waals surface area contributed by atoms with E-state index >= 15 is 0 Å². The van der Waals surface area contributed by atoms with Crippen LogP contribution in [0, 0.1) is 11.8 Å². The van der Waals surface area contributed by atoms with Crippen molar-refractivity contribution in [2.75, 3.05) is 13.1 Å². The second-order valence-corrected chi connectivity index (χ2v) is 5.67. The highest BCUT2D eigenvalue weighted by molar-refractivity contribution is 5.97. The number of amides is 1. The van der Waals surface area contributed by atoms with Crippen molar-refractivity contribution in [3.8, 4) is 0 Å². The largest absolute Gasteiger partial charge is 0.444 e. The summed E-state index contributed by atoms with van der Waals surface area (Å²) in [5, 5.41) is 0. The van der Waals surface area contributed by atoms with Crippen molar-refractivity contribution in [3.63, 3.8) is 0 Å². The van der Waals surface area contributed by atoms with Crippen molar-refractivity contribution in [2.24, 2.45) is 11.8 Å². The van der Waals surface area contributed by atoms with Crippen molar-refractivity contribution >= 4 is 18.0 Å². The second-order valence-electron chi connectivity index (χ2n) is 5.67. The summed E-state index contributed by atoms with van der Waals surface area (Å²) in [5.74, 6) is -1.91. The number of likely N-dealkylation sites (tertiary alicyclic amines) is 1. The molecule has 1 amide bonds. The van der Waals surface area contributed by atoms with Gasteiger partial charge >= 0.3 is 18.0 Å². The first-order valence-electron chi connectivity index (χ1n) is 6.01. The Bertz CT molecular complexity index is 398. The molecule has 2 saturated heterocycles. The molecular weight excluding hydrogens is 238 g/mol. The molecule has 18 heavy (non-hydrogen) atoms. The fourth-order valence-electron chi connectivity index (χ4n) is 2.22. The maximum atomic E-state index is 11.9. The van der Waals surface area contributed by atoms with Crippen LogP contribution in [0.25, 0.3) is 0 Å². The number of nitrogens with zero attached hydrogens (tertiary/aromatic N) is 1. The lowest BCUT2D eigenvalue weighted by Gasteiger charge is -2.33. The van der Waals surface area contributed by atoms with Crippen LogP contribution in [0.15, 0.2) is 0 Å². The fourth-order valence-corrected chi connectivity index (χ4v) is 2.22. The molecule has 2 aliphatic rings. The molecule has 0 radical (unpaired) electrons. The van der Waals surface area contributed by atoms with Crippen molar-refractivity contribution in [3.05, 3.63) is 0 Å². The zero-order valence-corrected chi connectivity index (χ0v) is 10.8. The van der Waals surface area contributed by atoms with Crippen LogP contribution in [0.4, 0.5) is 4.79 Å². The number of fused-ring (bicyclic) bond motifs is 1. The predicted molar refractivity (Wildman–Crippen MR) is 60.5 cm³/mol. The van der Waals surface area contributed by atoms with Crippen molar-refractivity contribution in [1.29, 1.82) is 0 Å². The third-order valence-corrected chi connectivity index (χ3v) is 3.07. The lowest BCUT2D eigenvalue weighted by atomic mass is 9.88. The van der Waals surface area contributed by atoms with Gasteiger partial charge in [-0.25, -0.2) is 4.79 Å². The Morgan fingerprint density at radius 3 is 2.50 bits per heavy atom. The number of carbonyl (C=O) groups excluding carboxylic acids is 3. The highest BCUT2D eigenvalue weighted by Crippen LogP contribution is 2.32. The molecule has 2 atom stereocenters. The van der Waals surface area contributed by atoms with Gasteiger partial charge in [0, 0.05) is 13.1 Å². The van der Waals surface area contributed by atoms with Gasteiger partial charge in [0.05, 0.1) is 11.8 Å². The molecule has 2 heterocycles. The minimum Gasteiger partial charge on any atom is -0.444 e. The van der Waals surface area contributed by atoms with E-state index in [2.05, 4.69) is 4.74 Å². The van der Waals surface area contributed by atoms with E-state index in [1.165, 1.54) is 4.90 Å². The maximum absolute atomic E-state index is 11.9. The molecule has 0 N–H and O–H groups in total. The molecule has 0 aliphatic carbocycles. The minimum atomic E-state index is -0.570. The topological polar surface area (TPSA) is 72.9 Å². The van der Waals surface area contributed by atoms with Crippen LogP contribution in [0.5, 0.6) is 0 Å². The molecule has 6 heteroatoms. The highest BCUT2D eigenvalue weighted by Gasteiger charge is 2.48. The summed E-state index contributed by atoms with van der Waals surface area (Å²) in [4.78, 5) is 36.1. The Hall–Kier alpha value is -1.59. The molecule has 0 aromatic heterocycles. The molecule has 2 rings (SSSR count). The fraction of sp³-hybridized carbons (Fsp3) is 0.750. The molecule has 0 bridgehead atoms. The van der Waals surface area contributed by atoms with Gasteiger partial charge in [-0.15, -0.1) is 0 Å². The van der Waals surface area contributed by atoms with Gasteiger partial charge in [0.25, 0.3) is 0 Å². The third kappa shape index (κ3) is 2.47. The summed E-state index contributed by atoms with van der Waals surface area (Å²) < 4.78 is 9.82. The molecule has 0 aromatic rings. The summed E-state index contributed by atoms with van der Waals surface area (Å²) in [7, 11) is 0. The van der Waals surface area contributed by atoms with Crippen molar-refractivity contribution < 1.29 is 23.9 Å². The van der Waals surface area contributed by atoms with E-state index in [4.69, 9.17) is 4.74 Å². The normalized spacial score (nSPS) is 27.8. The first kappa shape index (κ1) is 12.9. The highest BCUT2D eigenvalue weighted by atomic mass is 16.6. The van der Waals surface area contributed by atoms with Gasteiger partial charge in [0.2, 0.25) is 0 Å². The molecule has 2 fully saturated rings. The molecule has 0 saturated carbocycles. The summed E-state index contributed by atoms with van der Waals surface area (Å²) in [5.41, 5.74) is -0.570. The summed E-state index contributed by atoms with van der Waals surface area (Å²) in [6, 6.07) is 0. The van der Waals surface area contributed by atoms with Gasteiger partial charge < -0.3 is 14.4 Å². The molecule has 2 aliphatic heterocycles. The number of rotatable bonds is 0. The SMILES string of the molecule is CC(C)(C)OC(=O)N1CC[C@@H]2C(=O)OC(=O)[C@@H]2C1. The number of hydrogen-bond donors (Lipinski definition) is 0. The summed E-state index contributed by atoms with van der Waals surface area (Å²) in [6.07, 6.45) is 0.00203. The van der Waals surface area contributed by atoms with Crippen LogP contribution in [-0.2, 0) is 19.1 Å². The predicted octanol–water partition coefficient (Wildman–Crippen LogP) is 0.943. The standard InChI is InChI=1S/C12H17NO5/c1-12(2,3)18-11(16)13-5-4-7-8(6-13)10(15)17-9(7)14/h7-8H,4-6H2,1-3H3/t7-,8+/m0/s1. The number of carbonyl (C=O) groups is 3. The van der Waals surface area contributed by atoms with Gasteiger partial charge in [-0.1, -0.05) is 0 Å². The number of cyclic esters (lactones) is 2. The van der Waals surface area contributed by atoms with Crippen LogP contribution in [0.2, 0.25) is 0 Å². The van der Waals surface area contributed by atoms with Crippen LogP contribution >= 0.6 is 0 Å². The lowest BCUT2D eigenvalue weighted by Crippen LogP contribution is -2.46. The molecular formula is C12H17NO5. The number of hydrogen-bond acceptors (Lipinski definition) is 5. The number of ether oxygens (including phenoxy) is 2. The zero-order valence-electron chi connectivity index (χ0n) is 10.8. The Morgan fingerprint density at radius 1 is 1.28 bits per heavy atom. The van der Waals surface area contributed by atoms with Crippen LogP contribution in [-0.4, -0.2) is 41.6 Å². The average Bonchev–Trinajstić information content (AvgIpc) is 2.52. The van der Waals surface area contributed by atoms with E-state index in [-0.39, 0.29) is 6.54 Å². The Balaban J connectivity index is 2.01. The van der Waals surface area contributed by atoms with Gasteiger partial charge in [-0.2, -0.15) is 0 Å². The van der Waals surface area contributed by atoms with E-state index in [0.717, 1.165) is 0 Å². The van der Waals surface area contributed by atoms with E-state index in [1.807, 2.05) is 0 Å². The maximum Gasteiger partial charge on any atom is 0.410 e. The lowest BCUT2D eigenvalue weighted by molar-refractivity contribution is -0.153.